The second-order valence-corrected chi connectivity index (χ2v) is 10.5. The number of hydrogen-bond acceptors (Lipinski definition) is 5. The lowest BCUT2D eigenvalue weighted by atomic mass is 10.0. The van der Waals surface area contributed by atoms with Crippen molar-refractivity contribution in [3.63, 3.8) is 0 Å². The molecular formula is C23H32N4O4S. The number of ether oxygens (including phenoxy) is 1. The second kappa shape index (κ2) is 9.54. The number of amides is 1. The predicted octanol–water partition coefficient (Wildman–Crippen LogP) is 2.61. The van der Waals surface area contributed by atoms with E-state index in [1.165, 1.54) is 10.4 Å². The normalized spacial score (nSPS) is 18.5. The number of nitrogens with one attached hydrogen (secondary N) is 1. The van der Waals surface area contributed by atoms with Gasteiger partial charge >= 0.3 is 0 Å². The van der Waals surface area contributed by atoms with Gasteiger partial charge in [0.15, 0.2) is 0 Å². The minimum Gasteiger partial charge on any atom is -0.497 e. The van der Waals surface area contributed by atoms with Gasteiger partial charge in [0, 0.05) is 51.2 Å². The molecule has 2 fully saturated rings. The molecule has 8 nitrogen and oxygen atoms in total. The minimum atomic E-state index is -3.56. The van der Waals surface area contributed by atoms with Gasteiger partial charge in [-0.1, -0.05) is 6.42 Å². The molecule has 2 saturated heterocycles. The minimum absolute atomic E-state index is 0.0639. The average molecular weight is 461 g/mol. The fourth-order valence-corrected chi connectivity index (χ4v) is 6.08. The van der Waals surface area contributed by atoms with Gasteiger partial charge in [-0.05, 0) is 56.0 Å². The van der Waals surface area contributed by atoms with Crippen LogP contribution in [-0.2, 0) is 17.1 Å². The highest BCUT2D eigenvalue weighted by Crippen LogP contribution is 2.24. The SMILES string of the molecule is COc1ccc(N2CCC(NC(=O)c3cc(S(=O)(=O)N4CCCCC4)cn3C)CC2)cc1. The highest BCUT2D eigenvalue weighted by Gasteiger charge is 2.29. The number of benzene rings is 1. The molecule has 0 atom stereocenters. The number of carbonyl (C=O) groups is 1. The molecule has 0 bridgehead atoms. The van der Waals surface area contributed by atoms with Gasteiger partial charge in [-0.3, -0.25) is 4.79 Å². The largest absolute Gasteiger partial charge is 0.497 e. The molecule has 0 spiro atoms. The van der Waals surface area contributed by atoms with Gasteiger partial charge in [0.1, 0.15) is 16.3 Å². The Morgan fingerprint density at radius 1 is 1.03 bits per heavy atom. The summed E-state index contributed by atoms with van der Waals surface area (Å²) in [4.78, 5) is 15.4. The van der Waals surface area contributed by atoms with Gasteiger partial charge in [0.25, 0.3) is 5.91 Å². The first-order valence-corrected chi connectivity index (χ1v) is 12.7. The zero-order valence-electron chi connectivity index (χ0n) is 18.8. The van der Waals surface area contributed by atoms with Crippen molar-refractivity contribution in [2.24, 2.45) is 7.05 Å². The number of piperidine rings is 2. The van der Waals surface area contributed by atoms with Crippen LogP contribution in [0.1, 0.15) is 42.6 Å². The van der Waals surface area contributed by atoms with E-state index in [2.05, 4.69) is 10.2 Å². The standard InChI is InChI=1S/C23H32N4O4S/c1-25-17-21(32(29,30)27-12-4-3-5-13-27)16-22(25)23(28)24-18-10-14-26(15-11-18)19-6-8-20(31-2)9-7-19/h6-9,16-18H,3-5,10-15H2,1-2H3,(H,24,28). The Kier molecular flexibility index (Phi) is 6.76. The van der Waals surface area contributed by atoms with E-state index in [0.717, 1.165) is 56.6 Å². The molecule has 0 saturated carbocycles. The number of anilines is 1. The highest BCUT2D eigenvalue weighted by atomic mass is 32.2. The number of carbonyl (C=O) groups excluding carboxylic acids is 1. The van der Waals surface area contributed by atoms with Gasteiger partial charge in [0.05, 0.1) is 7.11 Å². The number of aryl methyl sites for hydroxylation is 1. The van der Waals surface area contributed by atoms with Gasteiger partial charge in [0.2, 0.25) is 10.0 Å². The van der Waals surface area contributed by atoms with E-state index in [1.807, 2.05) is 24.3 Å². The first-order valence-electron chi connectivity index (χ1n) is 11.2. The van der Waals surface area contributed by atoms with Crippen LogP contribution >= 0.6 is 0 Å². The van der Waals surface area contributed by atoms with E-state index in [-0.39, 0.29) is 16.8 Å². The summed E-state index contributed by atoms with van der Waals surface area (Å²) in [5, 5.41) is 3.10. The summed E-state index contributed by atoms with van der Waals surface area (Å²) >= 11 is 0. The van der Waals surface area contributed by atoms with Crippen molar-refractivity contribution in [2.75, 3.05) is 38.2 Å². The van der Waals surface area contributed by atoms with Crippen molar-refractivity contribution < 1.29 is 17.9 Å². The van der Waals surface area contributed by atoms with Crippen LogP contribution in [0, 0.1) is 0 Å². The fourth-order valence-electron chi connectivity index (χ4n) is 4.49. The van der Waals surface area contributed by atoms with E-state index in [4.69, 9.17) is 4.74 Å². The van der Waals surface area contributed by atoms with Crippen molar-refractivity contribution >= 4 is 21.6 Å². The fraction of sp³-hybridized carbons (Fsp3) is 0.522. The van der Waals surface area contributed by atoms with E-state index in [1.54, 1.807) is 24.9 Å². The van der Waals surface area contributed by atoms with Crippen LogP contribution in [0.3, 0.4) is 0 Å². The zero-order chi connectivity index (χ0) is 22.7. The lowest BCUT2D eigenvalue weighted by Crippen LogP contribution is -2.45. The first-order chi connectivity index (χ1) is 15.4. The van der Waals surface area contributed by atoms with E-state index >= 15 is 0 Å². The molecule has 1 N–H and O–H groups in total. The summed E-state index contributed by atoms with van der Waals surface area (Å²) in [7, 11) is -0.183. The van der Waals surface area contributed by atoms with Crippen molar-refractivity contribution in [3.8, 4) is 5.75 Å². The maximum atomic E-state index is 12.9. The molecule has 2 aliphatic rings. The molecule has 0 radical (unpaired) electrons. The number of sulfonamides is 1. The van der Waals surface area contributed by atoms with E-state index in [0.29, 0.717) is 18.8 Å². The van der Waals surface area contributed by atoms with Crippen LogP contribution in [0.5, 0.6) is 5.75 Å². The number of aromatic nitrogens is 1. The highest BCUT2D eigenvalue weighted by molar-refractivity contribution is 7.89. The Labute approximate surface area is 190 Å². The van der Waals surface area contributed by atoms with Crippen LogP contribution < -0.4 is 15.0 Å². The maximum absolute atomic E-state index is 12.9. The summed E-state index contributed by atoms with van der Waals surface area (Å²) in [5.74, 6) is 0.607. The van der Waals surface area contributed by atoms with Crippen molar-refractivity contribution in [1.29, 1.82) is 0 Å². The van der Waals surface area contributed by atoms with Crippen molar-refractivity contribution in [2.45, 2.75) is 43.0 Å². The molecule has 2 aliphatic heterocycles. The third-order valence-electron chi connectivity index (χ3n) is 6.43. The van der Waals surface area contributed by atoms with Gasteiger partial charge in [-0.15, -0.1) is 0 Å². The van der Waals surface area contributed by atoms with Gasteiger partial charge < -0.3 is 19.5 Å². The van der Waals surface area contributed by atoms with Crippen LogP contribution in [0.25, 0.3) is 0 Å². The smallest absolute Gasteiger partial charge is 0.268 e. The third-order valence-corrected chi connectivity index (χ3v) is 8.30. The molecule has 1 amide bonds. The van der Waals surface area contributed by atoms with Gasteiger partial charge in [-0.25, -0.2) is 8.42 Å². The quantitative estimate of drug-likeness (QED) is 0.717. The molecule has 0 unspecified atom stereocenters. The summed E-state index contributed by atoms with van der Waals surface area (Å²) < 4.78 is 34.2. The molecule has 9 heteroatoms. The topological polar surface area (TPSA) is 83.9 Å². The van der Waals surface area contributed by atoms with Crippen LogP contribution in [0.4, 0.5) is 5.69 Å². The Morgan fingerprint density at radius 3 is 2.31 bits per heavy atom. The van der Waals surface area contributed by atoms with E-state index in [9.17, 15) is 13.2 Å². The average Bonchev–Trinajstić information content (AvgIpc) is 3.23. The lowest BCUT2D eigenvalue weighted by molar-refractivity contribution is 0.0923. The van der Waals surface area contributed by atoms with E-state index < -0.39 is 10.0 Å². The summed E-state index contributed by atoms with van der Waals surface area (Å²) in [6, 6.07) is 9.57. The number of nitrogens with zero attached hydrogens (tertiary/aromatic N) is 3. The van der Waals surface area contributed by atoms with Crippen LogP contribution in [0.15, 0.2) is 41.4 Å². The van der Waals surface area contributed by atoms with Crippen molar-refractivity contribution in [1.82, 2.24) is 14.2 Å². The number of methoxy groups -OCH3 is 1. The molecule has 32 heavy (non-hydrogen) atoms. The predicted molar refractivity (Wildman–Crippen MR) is 124 cm³/mol. The molecular weight excluding hydrogens is 428 g/mol. The first kappa shape index (κ1) is 22.7. The zero-order valence-corrected chi connectivity index (χ0v) is 19.6. The monoisotopic (exact) mass is 460 g/mol. The second-order valence-electron chi connectivity index (χ2n) is 8.57. The Bertz CT molecular complexity index is 1030. The summed E-state index contributed by atoms with van der Waals surface area (Å²) in [5.41, 5.74) is 1.52. The van der Waals surface area contributed by atoms with Gasteiger partial charge in [-0.2, -0.15) is 4.31 Å². The number of rotatable bonds is 6. The third kappa shape index (κ3) is 4.78. The Morgan fingerprint density at radius 2 is 1.69 bits per heavy atom. The number of hydrogen-bond donors (Lipinski definition) is 1. The van der Waals surface area contributed by atoms with Crippen molar-refractivity contribution in [3.05, 3.63) is 42.2 Å². The molecule has 4 rings (SSSR count). The molecule has 0 aliphatic carbocycles. The van der Waals surface area contributed by atoms with Crippen LogP contribution in [0.2, 0.25) is 0 Å². The molecule has 2 aromatic rings. The van der Waals surface area contributed by atoms with Crippen LogP contribution in [-0.4, -0.2) is 62.5 Å². The Balaban J connectivity index is 1.36. The lowest BCUT2D eigenvalue weighted by Gasteiger charge is -2.34. The molecule has 3 heterocycles. The Hall–Kier alpha value is -2.52. The summed E-state index contributed by atoms with van der Waals surface area (Å²) in [6.07, 6.45) is 6.04. The molecule has 1 aromatic heterocycles. The molecule has 174 valence electrons. The molecule has 1 aromatic carbocycles. The summed E-state index contributed by atoms with van der Waals surface area (Å²) in [6.45, 7) is 2.79. The maximum Gasteiger partial charge on any atom is 0.268 e.